The third kappa shape index (κ3) is 4.91. The van der Waals surface area contributed by atoms with Crippen LogP contribution < -0.4 is 0 Å². The van der Waals surface area contributed by atoms with Crippen LogP contribution in [0.5, 0.6) is 0 Å². The van der Waals surface area contributed by atoms with Crippen LogP contribution in [0.3, 0.4) is 0 Å². The molecule has 0 aliphatic heterocycles. The van der Waals surface area contributed by atoms with Crippen molar-refractivity contribution in [1.29, 1.82) is 0 Å². The van der Waals surface area contributed by atoms with E-state index in [0.29, 0.717) is 31.4 Å². The molecule has 0 saturated heterocycles. The number of carbonyl (C=O) groups excluding carboxylic acids is 1. The Morgan fingerprint density at radius 2 is 1.95 bits per heavy atom. The molecule has 6 heteroatoms. The molecule has 5 nitrogen and oxygen atoms in total. The highest BCUT2D eigenvalue weighted by Crippen LogP contribution is 2.17. The van der Waals surface area contributed by atoms with Crippen molar-refractivity contribution in [2.45, 2.75) is 37.5 Å². The molecule has 0 aromatic heterocycles. The molecule has 0 fully saturated rings. The number of nitrogens with zero attached hydrogens (tertiary/aromatic N) is 1. The van der Waals surface area contributed by atoms with Crippen molar-refractivity contribution in [1.82, 2.24) is 4.31 Å². The molecule has 0 bridgehead atoms. The second kappa shape index (κ2) is 8.26. The summed E-state index contributed by atoms with van der Waals surface area (Å²) in [4.78, 5) is 11.8. The summed E-state index contributed by atoms with van der Waals surface area (Å²) in [5.74, 6) is -0.0716. The highest BCUT2D eigenvalue weighted by molar-refractivity contribution is 7.89. The maximum absolute atomic E-state index is 12.4. The fourth-order valence-electron chi connectivity index (χ4n) is 1.96. The minimum absolute atomic E-state index is 0.0716. The van der Waals surface area contributed by atoms with Gasteiger partial charge in [0.2, 0.25) is 10.0 Å². The van der Waals surface area contributed by atoms with Gasteiger partial charge >= 0.3 is 0 Å². The Kier molecular flexibility index (Phi) is 7.01. The molecule has 0 aliphatic rings. The summed E-state index contributed by atoms with van der Waals surface area (Å²) in [6.07, 6.45) is 2.50. The lowest BCUT2D eigenvalue weighted by molar-refractivity contribution is 0.0988. The summed E-state index contributed by atoms with van der Waals surface area (Å²) < 4.78 is 26.1. The molecule has 21 heavy (non-hydrogen) atoms. The first-order chi connectivity index (χ1) is 9.93. The number of aliphatic hydroxyl groups excluding tert-OH is 1. The summed E-state index contributed by atoms with van der Waals surface area (Å²) in [5.41, 5.74) is 0.423. The maximum Gasteiger partial charge on any atom is 0.242 e. The van der Waals surface area contributed by atoms with Crippen LogP contribution in [0.15, 0.2) is 29.2 Å². The Morgan fingerprint density at radius 1 is 1.24 bits per heavy atom. The number of rotatable bonds is 9. The third-order valence-electron chi connectivity index (χ3n) is 3.32. The van der Waals surface area contributed by atoms with Crippen molar-refractivity contribution in [3.8, 4) is 0 Å². The Balaban J connectivity index is 2.84. The molecule has 118 valence electrons. The van der Waals surface area contributed by atoms with Gasteiger partial charge in [-0.3, -0.25) is 4.79 Å². The molecule has 0 atom stereocenters. The van der Waals surface area contributed by atoms with Gasteiger partial charge in [-0.2, -0.15) is 0 Å². The average molecular weight is 313 g/mol. The fraction of sp³-hybridized carbons (Fsp3) is 0.533. The van der Waals surface area contributed by atoms with Gasteiger partial charge in [0, 0.05) is 32.2 Å². The molecule has 0 amide bonds. The summed E-state index contributed by atoms with van der Waals surface area (Å²) >= 11 is 0. The molecule has 0 aliphatic carbocycles. The molecule has 0 unspecified atom stereocenters. The maximum atomic E-state index is 12.4. The second-order valence-corrected chi connectivity index (χ2v) is 6.96. The van der Waals surface area contributed by atoms with E-state index in [1.807, 2.05) is 0 Å². The Morgan fingerprint density at radius 3 is 2.57 bits per heavy atom. The molecule has 1 aromatic rings. The van der Waals surface area contributed by atoms with Gasteiger partial charge in [0.05, 0.1) is 4.90 Å². The predicted molar refractivity (Wildman–Crippen MR) is 81.8 cm³/mol. The smallest absolute Gasteiger partial charge is 0.242 e. The normalized spacial score (nSPS) is 11.8. The summed E-state index contributed by atoms with van der Waals surface area (Å²) in [6.45, 7) is 2.27. The van der Waals surface area contributed by atoms with Crippen LogP contribution in [0.4, 0.5) is 0 Å². The Bertz CT molecular complexity index is 569. The van der Waals surface area contributed by atoms with Crippen molar-refractivity contribution in [3.05, 3.63) is 29.8 Å². The van der Waals surface area contributed by atoms with E-state index < -0.39 is 10.0 Å². The van der Waals surface area contributed by atoms with Crippen LogP contribution in [0, 0.1) is 0 Å². The van der Waals surface area contributed by atoms with E-state index in [1.165, 1.54) is 23.5 Å². The van der Waals surface area contributed by atoms with Gasteiger partial charge in [0.1, 0.15) is 0 Å². The number of ketones is 1. The van der Waals surface area contributed by atoms with Crippen molar-refractivity contribution in [2.75, 3.05) is 20.2 Å². The average Bonchev–Trinajstić information content (AvgIpc) is 2.50. The zero-order valence-electron chi connectivity index (χ0n) is 12.6. The van der Waals surface area contributed by atoms with E-state index in [-0.39, 0.29) is 17.3 Å². The summed E-state index contributed by atoms with van der Waals surface area (Å²) in [7, 11) is -2.04. The van der Waals surface area contributed by atoms with Crippen molar-refractivity contribution < 1.29 is 18.3 Å². The third-order valence-corrected chi connectivity index (χ3v) is 5.17. The molecular formula is C15H23NO4S. The second-order valence-electron chi connectivity index (χ2n) is 4.92. The lowest BCUT2D eigenvalue weighted by Crippen LogP contribution is -2.28. The minimum Gasteiger partial charge on any atom is -0.396 e. The molecular weight excluding hydrogens is 290 g/mol. The number of benzene rings is 1. The van der Waals surface area contributed by atoms with Gasteiger partial charge in [-0.15, -0.1) is 0 Å². The fourth-order valence-corrected chi connectivity index (χ4v) is 3.21. The molecule has 1 N–H and O–H groups in total. The van der Waals surface area contributed by atoms with Crippen LogP contribution >= 0.6 is 0 Å². The van der Waals surface area contributed by atoms with E-state index in [9.17, 15) is 13.2 Å². The lowest BCUT2D eigenvalue weighted by atomic mass is 10.1. The highest BCUT2D eigenvalue weighted by Gasteiger charge is 2.21. The van der Waals surface area contributed by atoms with Gasteiger partial charge in [-0.1, -0.05) is 19.1 Å². The number of unbranched alkanes of at least 4 members (excludes halogenated alkanes) is 2. The van der Waals surface area contributed by atoms with Gasteiger partial charge in [-0.05, 0) is 31.4 Å². The van der Waals surface area contributed by atoms with Gasteiger partial charge < -0.3 is 5.11 Å². The summed E-state index contributed by atoms with van der Waals surface area (Å²) in [6, 6.07) is 6.17. The zero-order valence-corrected chi connectivity index (χ0v) is 13.4. The standard InChI is InChI=1S/C15H23NO4S/c1-3-15(18)13-8-7-9-14(12-13)21(19,20)16(2)10-5-4-6-11-17/h7-9,12,17H,3-6,10-11H2,1-2H3. The van der Waals surface area contributed by atoms with Crippen LogP contribution in [0.25, 0.3) is 0 Å². The van der Waals surface area contributed by atoms with Crippen molar-refractivity contribution in [3.63, 3.8) is 0 Å². The van der Waals surface area contributed by atoms with E-state index in [4.69, 9.17) is 5.11 Å². The van der Waals surface area contributed by atoms with E-state index in [1.54, 1.807) is 19.1 Å². The number of sulfonamides is 1. The minimum atomic E-state index is -3.57. The van der Waals surface area contributed by atoms with Gasteiger partial charge in [0.15, 0.2) is 5.78 Å². The quantitative estimate of drug-likeness (QED) is 0.559. The number of Topliss-reactive ketones (excluding diaryl/α,β-unsaturated/α-hetero) is 1. The Hall–Kier alpha value is -1.24. The first-order valence-corrected chi connectivity index (χ1v) is 8.58. The van der Waals surface area contributed by atoms with Crippen molar-refractivity contribution >= 4 is 15.8 Å². The predicted octanol–water partition coefficient (Wildman–Crippen LogP) is 2.06. The van der Waals surface area contributed by atoms with Crippen LogP contribution in [-0.4, -0.2) is 43.8 Å². The molecule has 0 spiro atoms. The van der Waals surface area contributed by atoms with Gasteiger partial charge in [-0.25, -0.2) is 12.7 Å². The molecule has 0 saturated carbocycles. The van der Waals surface area contributed by atoms with E-state index >= 15 is 0 Å². The number of hydrogen-bond donors (Lipinski definition) is 1. The molecule has 1 aromatic carbocycles. The van der Waals surface area contributed by atoms with Gasteiger partial charge in [0.25, 0.3) is 0 Å². The van der Waals surface area contributed by atoms with E-state index in [2.05, 4.69) is 0 Å². The number of carbonyl (C=O) groups is 1. The monoisotopic (exact) mass is 313 g/mol. The molecule has 0 heterocycles. The van der Waals surface area contributed by atoms with Crippen LogP contribution in [-0.2, 0) is 10.0 Å². The molecule has 0 radical (unpaired) electrons. The lowest BCUT2D eigenvalue weighted by Gasteiger charge is -2.17. The topological polar surface area (TPSA) is 74.7 Å². The highest BCUT2D eigenvalue weighted by atomic mass is 32.2. The van der Waals surface area contributed by atoms with E-state index in [0.717, 1.165) is 6.42 Å². The largest absolute Gasteiger partial charge is 0.396 e. The SMILES string of the molecule is CCC(=O)c1cccc(S(=O)(=O)N(C)CCCCCO)c1. The Labute approximate surface area is 126 Å². The van der Waals surface area contributed by atoms with Crippen molar-refractivity contribution in [2.24, 2.45) is 0 Å². The van der Waals surface area contributed by atoms with Crippen LogP contribution in [0.2, 0.25) is 0 Å². The number of hydrogen-bond acceptors (Lipinski definition) is 4. The first-order valence-electron chi connectivity index (χ1n) is 7.14. The zero-order chi connectivity index (χ0) is 15.9. The molecule has 1 rings (SSSR count). The first kappa shape index (κ1) is 17.8. The summed E-state index contributed by atoms with van der Waals surface area (Å²) in [5, 5.41) is 8.71. The van der Waals surface area contributed by atoms with Crippen LogP contribution in [0.1, 0.15) is 43.0 Å². The number of aliphatic hydroxyl groups is 1.